The van der Waals surface area contributed by atoms with E-state index in [-0.39, 0.29) is 25.2 Å². The van der Waals surface area contributed by atoms with Crippen molar-refractivity contribution in [1.82, 2.24) is 16.0 Å². The first kappa shape index (κ1) is 30.9. The predicted octanol–water partition coefficient (Wildman–Crippen LogP) is 0.369. The fourth-order valence-corrected chi connectivity index (χ4v) is 3.84. The molecule has 7 N–H and O–H groups in total. The Kier molecular flexibility index (Phi) is 13.6. The lowest BCUT2D eigenvalue weighted by molar-refractivity contribution is -0.143. The highest BCUT2D eigenvalue weighted by molar-refractivity contribution is 7.98. The Bertz CT molecular complexity index is 898. The first-order valence-corrected chi connectivity index (χ1v) is 13.0. The molecule has 0 saturated carbocycles. The second kappa shape index (κ2) is 15.8. The van der Waals surface area contributed by atoms with E-state index in [1.807, 2.05) is 26.2 Å². The van der Waals surface area contributed by atoms with E-state index in [1.165, 1.54) is 11.8 Å². The maximum Gasteiger partial charge on any atom is 0.326 e. The van der Waals surface area contributed by atoms with E-state index < -0.39 is 60.2 Å². The summed E-state index contributed by atoms with van der Waals surface area (Å²) in [5.74, 6) is -4.37. The molecule has 3 amide bonds. The molecule has 0 aliphatic heterocycles. The van der Waals surface area contributed by atoms with Gasteiger partial charge in [0.05, 0.1) is 12.5 Å². The molecule has 36 heavy (non-hydrogen) atoms. The van der Waals surface area contributed by atoms with Crippen LogP contribution in [0.5, 0.6) is 0 Å². The summed E-state index contributed by atoms with van der Waals surface area (Å²) in [7, 11) is 0. The number of nitrogens with two attached hydrogens (primary N) is 1. The number of carbonyl (C=O) groups is 5. The molecule has 1 aromatic carbocycles. The van der Waals surface area contributed by atoms with Gasteiger partial charge in [-0.15, -0.1) is 0 Å². The Hall–Kier alpha value is -3.12. The van der Waals surface area contributed by atoms with Gasteiger partial charge in [-0.3, -0.25) is 19.2 Å². The Labute approximate surface area is 215 Å². The SMILES string of the molecule is CSCCC(NC(=O)C(CC(C)C)NC(=O)C(CC(=O)O)NC(=O)C(N)Cc1ccccc1)C(=O)O. The molecule has 0 heterocycles. The van der Waals surface area contributed by atoms with Gasteiger partial charge in [-0.05, 0) is 42.8 Å². The Morgan fingerprint density at radius 2 is 1.44 bits per heavy atom. The van der Waals surface area contributed by atoms with Gasteiger partial charge in [-0.1, -0.05) is 44.2 Å². The highest BCUT2D eigenvalue weighted by atomic mass is 32.2. The van der Waals surface area contributed by atoms with Crippen LogP contribution in [0.4, 0.5) is 0 Å². The van der Waals surface area contributed by atoms with Crippen LogP contribution in [0, 0.1) is 5.92 Å². The number of benzene rings is 1. The fourth-order valence-electron chi connectivity index (χ4n) is 3.36. The summed E-state index contributed by atoms with van der Waals surface area (Å²) in [5, 5.41) is 25.9. The molecule has 0 spiro atoms. The lowest BCUT2D eigenvalue weighted by Gasteiger charge is -2.25. The lowest BCUT2D eigenvalue weighted by atomic mass is 10.0. The zero-order chi connectivity index (χ0) is 27.3. The Morgan fingerprint density at radius 3 is 1.97 bits per heavy atom. The van der Waals surface area contributed by atoms with Crippen LogP contribution in [-0.2, 0) is 30.4 Å². The minimum atomic E-state index is -1.48. The van der Waals surface area contributed by atoms with Gasteiger partial charge in [0.25, 0.3) is 0 Å². The summed E-state index contributed by atoms with van der Waals surface area (Å²) in [6.07, 6.45) is 1.64. The quantitative estimate of drug-likeness (QED) is 0.177. The molecular weight excluding hydrogens is 488 g/mol. The van der Waals surface area contributed by atoms with Crippen molar-refractivity contribution in [3.8, 4) is 0 Å². The summed E-state index contributed by atoms with van der Waals surface area (Å²) >= 11 is 1.43. The fraction of sp³-hybridized carbons (Fsp3) is 0.542. The van der Waals surface area contributed by atoms with Gasteiger partial charge in [-0.2, -0.15) is 11.8 Å². The van der Waals surface area contributed by atoms with Crippen molar-refractivity contribution in [2.45, 2.75) is 63.7 Å². The zero-order valence-corrected chi connectivity index (χ0v) is 21.5. The van der Waals surface area contributed by atoms with Crippen LogP contribution >= 0.6 is 11.8 Å². The molecule has 0 bridgehead atoms. The van der Waals surface area contributed by atoms with E-state index in [1.54, 1.807) is 24.3 Å². The highest BCUT2D eigenvalue weighted by Gasteiger charge is 2.31. The number of hydrogen-bond donors (Lipinski definition) is 6. The van der Waals surface area contributed by atoms with E-state index in [0.717, 1.165) is 5.56 Å². The number of nitrogens with one attached hydrogen (secondary N) is 3. The van der Waals surface area contributed by atoms with Crippen LogP contribution < -0.4 is 21.7 Å². The molecule has 0 aliphatic rings. The second-order valence-corrected chi connectivity index (χ2v) is 9.81. The molecule has 0 radical (unpaired) electrons. The third kappa shape index (κ3) is 11.5. The van der Waals surface area contributed by atoms with Crippen molar-refractivity contribution < 1.29 is 34.2 Å². The third-order valence-electron chi connectivity index (χ3n) is 5.21. The largest absolute Gasteiger partial charge is 0.481 e. The first-order valence-electron chi connectivity index (χ1n) is 11.6. The van der Waals surface area contributed by atoms with Crippen molar-refractivity contribution in [3.05, 3.63) is 35.9 Å². The van der Waals surface area contributed by atoms with Crippen LogP contribution in [0.2, 0.25) is 0 Å². The van der Waals surface area contributed by atoms with Crippen LogP contribution in [0.15, 0.2) is 30.3 Å². The normalized spacial score (nSPS) is 14.2. The number of carboxylic acid groups (broad SMARTS) is 2. The zero-order valence-electron chi connectivity index (χ0n) is 20.7. The molecule has 12 heteroatoms. The molecule has 4 atom stereocenters. The number of carboxylic acids is 2. The average molecular weight is 525 g/mol. The standard InChI is InChI=1S/C24H36N4O7S/c1-14(2)11-18(22(32)26-17(24(34)35)9-10-36-3)28-23(33)19(13-20(29)30)27-21(31)16(25)12-15-7-5-4-6-8-15/h4-8,14,16-19H,9-13,25H2,1-3H3,(H,26,32)(H,27,31)(H,28,33)(H,29,30)(H,34,35). The second-order valence-electron chi connectivity index (χ2n) is 8.83. The minimum absolute atomic E-state index is 0.0534. The topological polar surface area (TPSA) is 188 Å². The Morgan fingerprint density at radius 1 is 0.889 bits per heavy atom. The van der Waals surface area contributed by atoms with Crippen molar-refractivity contribution in [1.29, 1.82) is 0 Å². The van der Waals surface area contributed by atoms with Crippen molar-refractivity contribution in [2.75, 3.05) is 12.0 Å². The summed E-state index contributed by atoms with van der Waals surface area (Å²) in [5.41, 5.74) is 6.75. The molecule has 0 aliphatic carbocycles. The first-order chi connectivity index (χ1) is 16.9. The van der Waals surface area contributed by atoms with Gasteiger partial charge < -0.3 is 31.9 Å². The molecule has 4 unspecified atom stereocenters. The molecule has 200 valence electrons. The molecule has 0 saturated heterocycles. The van der Waals surface area contributed by atoms with E-state index in [9.17, 15) is 34.2 Å². The smallest absolute Gasteiger partial charge is 0.326 e. The maximum absolute atomic E-state index is 13.0. The van der Waals surface area contributed by atoms with Crippen LogP contribution in [0.25, 0.3) is 0 Å². The van der Waals surface area contributed by atoms with Crippen molar-refractivity contribution in [3.63, 3.8) is 0 Å². The van der Waals surface area contributed by atoms with E-state index in [0.29, 0.717) is 5.75 Å². The summed E-state index contributed by atoms with van der Waals surface area (Å²) in [6.45, 7) is 3.63. The van der Waals surface area contributed by atoms with E-state index in [4.69, 9.17) is 5.73 Å². The number of rotatable bonds is 16. The van der Waals surface area contributed by atoms with Gasteiger partial charge in [0.2, 0.25) is 17.7 Å². The van der Waals surface area contributed by atoms with Crippen LogP contribution in [0.1, 0.15) is 38.7 Å². The average Bonchev–Trinajstić information content (AvgIpc) is 2.80. The van der Waals surface area contributed by atoms with Gasteiger partial charge in [0.1, 0.15) is 18.1 Å². The predicted molar refractivity (Wildman–Crippen MR) is 136 cm³/mol. The van der Waals surface area contributed by atoms with Gasteiger partial charge in [-0.25, -0.2) is 4.79 Å². The molecule has 0 aromatic heterocycles. The number of aliphatic carboxylic acids is 2. The van der Waals surface area contributed by atoms with Gasteiger partial charge >= 0.3 is 11.9 Å². The van der Waals surface area contributed by atoms with E-state index in [2.05, 4.69) is 16.0 Å². The molecule has 11 nitrogen and oxygen atoms in total. The summed E-state index contributed by atoms with van der Waals surface area (Å²) in [6, 6.07) is 4.19. The summed E-state index contributed by atoms with van der Waals surface area (Å²) < 4.78 is 0. The molecule has 1 aromatic rings. The summed E-state index contributed by atoms with van der Waals surface area (Å²) in [4.78, 5) is 61.3. The van der Waals surface area contributed by atoms with Crippen LogP contribution in [-0.4, -0.2) is 76.0 Å². The number of carbonyl (C=O) groups excluding carboxylic acids is 3. The number of amides is 3. The molecule has 0 fully saturated rings. The van der Waals surface area contributed by atoms with Crippen molar-refractivity contribution >= 4 is 41.4 Å². The number of thioether (sulfide) groups is 1. The van der Waals surface area contributed by atoms with Gasteiger partial charge in [0.15, 0.2) is 0 Å². The van der Waals surface area contributed by atoms with Gasteiger partial charge in [0, 0.05) is 0 Å². The van der Waals surface area contributed by atoms with Crippen LogP contribution in [0.3, 0.4) is 0 Å². The maximum atomic E-state index is 13.0. The minimum Gasteiger partial charge on any atom is -0.481 e. The molecular formula is C24H36N4O7S. The molecule has 1 rings (SSSR count). The third-order valence-corrected chi connectivity index (χ3v) is 5.86. The number of hydrogen-bond acceptors (Lipinski definition) is 7. The Balaban J connectivity index is 2.95. The highest BCUT2D eigenvalue weighted by Crippen LogP contribution is 2.09. The van der Waals surface area contributed by atoms with E-state index >= 15 is 0 Å². The monoisotopic (exact) mass is 524 g/mol. The lowest BCUT2D eigenvalue weighted by Crippen LogP contribution is -2.57. The van der Waals surface area contributed by atoms with Crippen molar-refractivity contribution in [2.24, 2.45) is 11.7 Å².